The highest BCUT2D eigenvalue weighted by atomic mass is 79.9. The molecule has 5 heteroatoms. The van der Waals surface area contributed by atoms with Crippen LogP contribution in [0, 0.1) is 5.92 Å². The van der Waals surface area contributed by atoms with Crippen LogP contribution in [-0.4, -0.2) is 24.9 Å². The maximum atomic E-state index is 11.8. The molecule has 0 saturated carbocycles. The van der Waals surface area contributed by atoms with Crippen LogP contribution in [-0.2, 0) is 4.79 Å². The maximum Gasteiger partial charge on any atom is 0.252 e. The molecule has 0 spiro atoms. The van der Waals surface area contributed by atoms with Crippen molar-refractivity contribution in [3.05, 3.63) is 34.3 Å². The molecular weight excluding hydrogens is 296 g/mol. The van der Waals surface area contributed by atoms with Gasteiger partial charge in [-0.25, -0.2) is 0 Å². The summed E-state index contributed by atoms with van der Waals surface area (Å²) in [5.41, 5.74) is 0.522. The van der Waals surface area contributed by atoms with Crippen LogP contribution in [0.15, 0.2) is 28.7 Å². The van der Waals surface area contributed by atoms with Crippen LogP contribution in [0.2, 0.25) is 0 Å². The molecule has 98 valence electrons. The zero-order valence-corrected chi connectivity index (χ0v) is 12.1. The third kappa shape index (κ3) is 4.87. The molecule has 4 nitrogen and oxygen atoms in total. The van der Waals surface area contributed by atoms with Gasteiger partial charge in [0.25, 0.3) is 5.91 Å². The van der Waals surface area contributed by atoms with E-state index in [1.807, 2.05) is 19.9 Å². The fourth-order valence-electron chi connectivity index (χ4n) is 1.28. The van der Waals surface area contributed by atoms with Crippen molar-refractivity contribution in [2.45, 2.75) is 13.8 Å². The van der Waals surface area contributed by atoms with Crippen molar-refractivity contribution >= 4 is 27.7 Å². The molecule has 0 fully saturated rings. The molecule has 0 radical (unpaired) electrons. The van der Waals surface area contributed by atoms with E-state index in [4.69, 9.17) is 0 Å². The van der Waals surface area contributed by atoms with Gasteiger partial charge in [0.05, 0.1) is 12.1 Å². The summed E-state index contributed by atoms with van der Waals surface area (Å²) < 4.78 is 0.713. The van der Waals surface area contributed by atoms with Gasteiger partial charge in [0.1, 0.15) is 0 Å². The second-order valence-corrected chi connectivity index (χ2v) is 5.21. The minimum Gasteiger partial charge on any atom is -0.354 e. The Hall–Kier alpha value is -1.36. The molecule has 0 saturated heterocycles. The van der Waals surface area contributed by atoms with Gasteiger partial charge in [-0.2, -0.15) is 0 Å². The molecule has 0 aliphatic heterocycles. The zero-order valence-electron chi connectivity index (χ0n) is 10.5. The first kappa shape index (κ1) is 14.7. The van der Waals surface area contributed by atoms with Crippen LogP contribution in [0.5, 0.6) is 0 Å². The Morgan fingerprint density at radius 2 is 1.89 bits per heavy atom. The fraction of sp³-hybridized carbons (Fsp3) is 0.385. The smallest absolute Gasteiger partial charge is 0.252 e. The molecule has 0 atom stereocenters. The highest BCUT2D eigenvalue weighted by Crippen LogP contribution is 2.15. The monoisotopic (exact) mass is 312 g/mol. The molecular formula is C13H17BrN2O2. The van der Waals surface area contributed by atoms with E-state index in [2.05, 4.69) is 26.6 Å². The van der Waals surface area contributed by atoms with E-state index < -0.39 is 0 Å². The lowest BCUT2D eigenvalue weighted by atomic mass is 10.2. The number of hydrogen-bond donors (Lipinski definition) is 2. The van der Waals surface area contributed by atoms with Gasteiger partial charge < -0.3 is 10.6 Å². The minimum atomic E-state index is -0.262. The quantitative estimate of drug-likeness (QED) is 0.873. The van der Waals surface area contributed by atoms with Gasteiger partial charge in [-0.1, -0.05) is 26.0 Å². The Morgan fingerprint density at radius 1 is 1.22 bits per heavy atom. The van der Waals surface area contributed by atoms with Crippen molar-refractivity contribution in [2.24, 2.45) is 5.92 Å². The van der Waals surface area contributed by atoms with Crippen molar-refractivity contribution in [2.75, 3.05) is 13.1 Å². The van der Waals surface area contributed by atoms with E-state index in [0.717, 1.165) is 0 Å². The predicted octanol–water partition coefficient (Wildman–Crippen LogP) is 1.95. The number of rotatable bonds is 5. The molecule has 2 amide bonds. The van der Waals surface area contributed by atoms with Gasteiger partial charge in [-0.15, -0.1) is 0 Å². The molecule has 0 heterocycles. The van der Waals surface area contributed by atoms with Crippen LogP contribution in [0.1, 0.15) is 24.2 Å². The Labute approximate surface area is 115 Å². The molecule has 1 aromatic carbocycles. The van der Waals surface area contributed by atoms with Crippen LogP contribution in [0.3, 0.4) is 0 Å². The van der Waals surface area contributed by atoms with E-state index in [1.54, 1.807) is 18.2 Å². The summed E-state index contributed by atoms with van der Waals surface area (Å²) in [6.45, 7) is 4.64. The van der Waals surface area contributed by atoms with Gasteiger partial charge in [0.15, 0.2) is 0 Å². The summed E-state index contributed by atoms with van der Waals surface area (Å²) in [6.07, 6.45) is 0. The van der Waals surface area contributed by atoms with Gasteiger partial charge >= 0.3 is 0 Å². The third-order valence-electron chi connectivity index (χ3n) is 2.24. The standard InChI is InChI=1S/C13H17BrN2O2/c1-9(2)7-15-12(17)8-16-13(18)10-5-3-4-6-11(10)14/h3-6,9H,7-8H2,1-2H3,(H,15,17)(H,16,18). The fourth-order valence-corrected chi connectivity index (χ4v) is 1.75. The molecule has 0 bridgehead atoms. The zero-order chi connectivity index (χ0) is 13.5. The van der Waals surface area contributed by atoms with Crippen molar-refractivity contribution in [1.82, 2.24) is 10.6 Å². The summed E-state index contributed by atoms with van der Waals surface area (Å²) in [6, 6.07) is 7.09. The largest absolute Gasteiger partial charge is 0.354 e. The number of halogens is 1. The summed E-state index contributed by atoms with van der Waals surface area (Å²) in [7, 11) is 0. The van der Waals surface area contributed by atoms with Crippen molar-refractivity contribution < 1.29 is 9.59 Å². The van der Waals surface area contributed by atoms with Crippen LogP contribution < -0.4 is 10.6 Å². The molecule has 18 heavy (non-hydrogen) atoms. The normalized spacial score (nSPS) is 10.2. The average molecular weight is 313 g/mol. The second kappa shape index (κ2) is 7.16. The lowest BCUT2D eigenvalue weighted by Crippen LogP contribution is -2.38. The molecule has 0 aliphatic rings. The highest BCUT2D eigenvalue weighted by Gasteiger charge is 2.10. The number of carbonyl (C=O) groups is 2. The first-order chi connectivity index (χ1) is 8.50. The van der Waals surface area contributed by atoms with E-state index in [1.165, 1.54) is 0 Å². The predicted molar refractivity (Wildman–Crippen MR) is 74.3 cm³/mol. The van der Waals surface area contributed by atoms with Crippen LogP contribution >= 0.6 is 15.9 Å². The summed E-state index contributed by atoms with van der Waals surface area (Å²) in [5, 5.41) is 5.32. The van der Waals surface area contributed by atoms with Crippen molar-refractivity contribution in [3.8, 4) is 0 Å². The minimum absolute atomic E-state index is 0.00706. The molecule has 1 rings (SSSR count). The molecule has 0 unspecified atom stereocenters. The lowest BCUT2D eigenvalue weighted by molar-refractivity contribution is -0.120. The Kier molecular flexibility index (Phi) is 5.85. The first-order valence-electron chi connectivity index (χ1n) is 5.80. The SMILES string of the molecule is CC(C)CNC(=O)CNC(=O)c1ccccc1Br. The number of hydrogen-bond acceptors (Lipinski definition) is 2. The van der Waals surface area contributed by atoms with E-state index in [9.17, 15) is 9.59 Å². The van der Waals surface area contributed by atoms with Crippen LogP contribution in [0.4, 0.5) is 0 Å². The summed E-state index contributed by atoms with van der Waals surface area (Å²) in [4.78, 5) is 23.2. The number of carbonyl (C=O) groups excluding carboxylic acids is 2. The molecule has 0 aromatic heterocycles. The summed E-state index contributed by atoms with van der Waals surface area (Å²) >= 11 is 3.29. The van der Waals surface area contributed by atoms with Crippen LogP contribution in [0.25, 0.3) is 0 Å². The molecule has 1 aromatic rings. The Balaban J connectivity index is 2.42. The lowest BCUT2D eigenvalue weighted by Gasteiger charge is -2.09. The summed E-state index contributed by atoms with van der Waals surface area (Å²) in [5.74, 6) is -0.0424. The molecule has 0 aliphatic carbocycles. The van der Waals surface area contributed by atoms with E-state index >= 15 is 0 Å². The molecule has 2 N–H and O–H groups in total. The second-order valence-electron chi connectivity index (χ2n) is 4.36. The van der Waals surface area contributed by atoms with Crippen molar-refractivity contribution in [1.29, 1.82) is 0 Å². The Bertz CT molecular complexity index is 433. The Morgan fingerprint density at radius 3 is 2.50 bits per heavy atom. The highest BCUT2D eigenvalue weighted by molar-refractivity contribution is 9.10. The van der Waals surface area contributed by atoms with Crippen molar-refractivity contribution in [3.63, 3.8) is 0 Å². The van der Waals surface area contributed by atoms with E-state index in [0.29, 0.717) is 22.5 Å². The van der Waals surface area contributed by atoms with Gasteiger partial charge in [-0.05, 0) is 34.0 Å². The van der Waals surface area contributed by atoms with Gasteiger partial charge in [0.2, 0.25) is 5.91 Å². The van der Waals surface area contributed by atoms with Gasteiger partial charge in [0, 0.05) is 11.0 Å². The van der Waals surface area contributed by atoms with Gasteiger partial charge in [-0.3, -0.25) is 9.59 Å². The number of nitrogens with one attached hydrogen (secondary N) is 2. The first-order valence-corrected chi connectivity index (χ1v) is 6.59. The maximum absolute atomic E-state index is 11.8. The number of amides is 2. The van der Waals surface area contributed by atoms with E-state index in [-0.39, 0.29) is 18.4 Å². The third-order valence-corrected chi connectivity index (χ3v) is 2.93. The topological polar surface area (TPSA) is 58.2 Å². The average Bonchev–Trinajstić information content (AvgIpc) is 2.34. The number of benzene rings is 1.